The molecule has 2 unspecified atom stereocenters. The fourth-order valence-electron chi connectivity index (χ4n) is 3.59. The third-order valence-corrected chi connectivity index (χ3v) is 5.59. The number of likely N-dealkylation sites (tertiary alicyclic amines) is 1. The van der Waals surface area contributed by atoms with Gasteiger partial charge < -0.3 is 4.48 Å². The summed E-state index contributed by atoms with van der Waals surface area (Å²) < 4.78 is 1.28. The van der Waals surface area contributed by atoms with Gasteiger partial charge in [-0.3, -0.25) is 0 Å². The van der Waals surface area contributed by atoms with E-state index in [1.807, 2.05) is 0 Å². The summed E-state index contributed by atoms with van der Waals surface area (Å²) in [5, 5.41) is 0. The third kappa shape index (κ3) is 2.99. The van der Waals surface area contributed by atoms with Gasteiger partial charge >= 0.3 is 0 Å². The molecule has 94 valence electrons. The Labute approximate surface area is 107 Å². The molecule has 0 aromatic heterocycles. The highest BCUT2D eigenvalue weighted by Crippen LogP contribution is 2.38. The number of hydrogen-bond donors (Lipinski definition) is 0. The van der Waals surface area contributed by atoms with Gasteiger partial charge in [0.2, 0.25) is 0 Å². The van der Waals surface area contributed by atoms with Gasteiger partial charge in [-0.25, -0.2) is 0 Å². The van der Waals surface area contributed by atoms with E-state index < -0.39 is 8.07 Å². The molecule has 0 aliphatic carbocycles. The molecule has 0 N–H and O–H groups in total. The van der Waals surface area contributed by atoms with Crippen LogP contribution in [-0.2, 0) is 0 Å². The number of nitrogens with zero attached hydrogens (tertiary/aromatic N) is 1. The van der Waals surface area contributed by atoms with Crippen molar-refractivity contribution in [1.29, 1.82) is 0 Å². The lowest BCUT2D eigenvalue weighted by molar-refractivity contribution is -0.917. The lowest BCUT2D eigenvalue weighted by Gasteiger charge is -2.40. The number of quaternary nitrogens is 1. The average Bonchev–Trinajstić information content (AvgIpc) is 2.58. The smallest absolute Gasteiger partial charge is 0.114 e. The topological polar surface area (TPSA) is 0 Å². The lowest BCUT2D eigenvalue weighted by Crippen LogP contribution is -2.52. The Morgan fingerprint density at radius 1 is 1.18 bits per heavy atom. The van der Waals surface area contributed by atoms with Gasteiger partial charge in [0.1, 0.15) is 14.1 Å². The minimum absolute atomic E-state index is 0.739. The van der Waals surface area contributed by atoms with Crippen LogP contribution >= 0.6 is 0 Å². The molecule has 1 aromatic rings. The van der Waals surface area contributed by atoms with E-state index in [0.29, 0.717) is 0 Å². The van der Waals surface area contributed by atoms with E-state index in [1.54, 1.807) is 5.56 Å². The van der Waals surface area contributed by atoms with E-state index in [0.717, 1.165) is 6.04 Å². The maximum absolute atomic E-state index is 2.50. The Bertz CT molecular complexity index is 368. The molecule has 0 radical (unpaired) electrons. The van der Waals surface area contributed by atoms with Crippen molar-refractivity contribution in [2.45, 2.75) is 38.5 Å². The highest BCUT2D eigenvalue weighted by Gasteiger charge is 2.41. The normalized spacial score (nSPS) is 29.5. The van der Waals surface area contributed by atoms with E-state index in [2.05, 4.69) is 57.0 Å². The van der Waals surface area contributed by atoms with Crippen LogP contribution in [0.5, 0.6) is 0 Å². The van der Waals surface area contributed by atoms with Gasteiger partial charge in [-0.15, -0.1) is 0 Å². The van der Waals surface area contributed by atoms with Crippen LogP contribution < -0.4 is 0 Å². The van der Waals surface area contributed by atoms with Crippen LogP contribution in [-0.4, -0.2) is 32.3 Å². The lowest BCUT2D eigenvalue weighted by atomic mass is 10.0. The summed E-state index contributed by atoms with van der Waals surface area (Å²) in [6.07, 6.45) is 4.16. The molecule has 1 saturated heterocycles. The van der Waals surface area contributed by atoms with Crippen molar-refractivity contribution in [2.75, 3.05) is 19.8 Å². The summed E-state index contributed by atoms with van der Waals surface area (Å²) in [4.78, 5) is 0. The highest BCUT2D eigenvalue weighted by atomic mass is 28.3. The quantitative estimate of drug-likeness (QED) is 0.563. The zero-order valence-corrected chi connectivity index (χ0v) is 12.7. The molecule has 1 nitrogen and oxygen atoms in total. The average molecular weight is 248 g/mol. The summed E-state index contributed by atoms with van der Waals surface area (Å²) in [6, 6.07) is 11.9. The summed E-state index contributed by atoms with van der Waals surface area (Å²) >= 11 is 0. The SMILES string of the molecule is C[N+]1(C[Si](C)(C)C)CCCC1c1ccccc1. The molecule has 1 aromatic carbocycles. The Morgan fingerprint density at radius 2 is 1.82 bits per heavy atom. The van der Waals surface area contributed by atoms with Gasteiger partial charge in [0.15, 0.2) is 0 Å². The van der Waals surface area contributed by atoms with Crippen molar-refractivity contribution in [3.05, 3.63) is 35.9 Å². The molecule has 2 heteroatoms. The summed E-state index contributed by atoms with van der Waals surface area (Å²) in [7, 11) is 1.48. The molecule has 1 fully saturated rings. The molecule has 1 heterocycles. The van der Waals surface area contributed by atoms with Gasteiger partial charge in [-0.05, 0) is 0 Å². The molecule has 1 aliphatic rings. The van der Waals surface area contributed by atoms with E-state index >= 15 is 0 Å². The minimum Gasteiger partial charge on any atom is -0.323 e. The Kier molecular flexibility index (Phi) is 3.46. The predicted octanol–water partition coefficient (Wildman–Crippen LogP) is 3.85. The van der Waals surface area contributed by atoms with Crippen LogP contribution in [0.2, 0.25) is 19.6 Å². The maximum Gasteiger partial charge on any atom is 0.114 e. The van der Waals surface area contributed by atoms with E-state index in [9.17, 15) is 0 Å². The van der Waals surface area contributed by atoms with Crippen molar-refractivity contribution in [1.82, 2.24) is 0 Å². The standard InChI is InChI=1S/C15H26NSi/c1-16(13-17(2,3)4)12-8-11-15(16)14-9-6-5-7-10-14/h5-7,9-10,15H,8,11-13H2,1-4H3/q+1. The highest BCUT2D eigenvalue weighted by molar-refractivity contribution is 6.76. The van der Waals surface area contributed by atoms with E-state index in [-0.39, 0.29) is 0 Å². The van der Waals surface area contributed by atoms with Gasteiger partial charge in [-0.2, -0.15) is 0 Å². The van der Waals surface area contributed by atoms with Gasteiger partial charge in [0.25, 0.3) is 0 Å². The number of rotatable bonds is 3. The Morgan fingerprint density at radius 3 is 2.41 bits per heavy atom. The molecule has 0 amide bonds. The van der Waals surface area contributed by atoms with Crippen molar-refractivity contribution in [3.8, 4) is 0 Å². The second-order valence-electron chi connectivity index (χ2n) is 6.99. The Hall–Kier alpha value is -0.603. The first-order valence-corrected chi connectivity index (χ1v) is 10.5. The molecule has 17 heavy (non-hydrogen) atoms. The minimum atomic E-state index is -0.997. The fraction of sp³-hybridized carbons (Fsp3) is 0.600. The molecular formula is C15H26NSi+. The van der Waals surface area contributed by atoms with Crippen molar-refractivity contribution >= 4 is 8.07 Å². The largest absolute Gasteiger partial charge is 0.323 e. The van der Waals surface area contributed by atoms with E-state index in [4.69, 9.17) is 0 Å². The van der Waals surface area contributed by atoms with Crippen LogP contribution in [0.1, 0.15) is 24.4 Å². The van der Waals surface area contributed by atoms with Gasteiger partial charge in [-0.1, -0.05) is 50.0 Å². The van der Waals surface area contributed by atoms with Crippen LogP contribution in [0.25, 0.3) is 0 Å². The molecular weight excluding hydrogens is 222 g/mol. The zero-order valence-electron chi connectivity index (χ0n) is 11.7. The first-order valence-electron chi connectivity index (χ1n) is 6.80. The zero-order chi connectivity index (χ0) is 12.5. The van der Waals surface area contributed by atoms with Crippen LogP contribution in [0, 0.1) is 0 Å². The van der Waals surface area contributed by atoms with Crippen LogP contribution in [0.3, 0.4) is 0 Å². The second-order valence-corrected chi connectivity index (χ2v) is 12.4. The molecule has 2 atom stereocenters. The number of hydrogen-bond acceptors (Lipinski definition) is 0. The second kappa shape index (κ2) is 4.58. The predicted molar refractivity (Wildman–Crippen MR) is 77.7 cm³/mol. The maximum atomic E-state index is 2.50. The summed E-state index contributed by atoms with van der Waals surface area (Å²) in [5.74, 6) is 0. The van der Waals surface area contributed by atoms with Crippen molar-refractivity contribution in [2.24, 2.45) is 0 Å². The van der Waals surface area contributed by atoms with Crippen LogP contribution in [0.4, 0.5) is 0 Å². The first-order chi connectivity index (χ1) is 7.91. The first kappa shape index (κ1) is 12.8. The molecule has 0 saturated carbocycles. The van der Waals surface area contributed by atoms with Crippen LogP contribution in [0.15, 0.2) is 30.3 Å². The molecule has 2 rings (SSSR count). The van der Waals surface area contributed by atoms with Gasteiger partial charge in [0, 0.05) is 18.4 Å². The monoisotopic (exact) mass is 248 g/mol. The molecule has 1 aliphatic heterocycles. The van der Waals surface area contributed by atoms with E-state index in [1.165, 1.54) is 30.0 Å². The van der Waals surface area contributed by atoms with Crippen molar-refractivity contribution < 1.29 is 4.48 Å². The molecule has 0 bridgehead atoms. The Balaban J connectivity index is 2.23. The number of benzene rings is 1. The molecule has 0 spiro atoms. The van der Waals surface area contributed by atoms with Crippen molar-refractivity contribution in [3.63, 3.8) is 0 Å². The summed E-state index contributed by atoms with van der Waals surface area (Å²) in [6.45, 7) is 8.86. The third-order valence-electron chi connectivity index (χ3n) is 3.92. The van der Waals surface area contributed by atoms with Gasteiger partial charge in [0.05, 0.1) is 19.8 Å². The summed E-state index contributed by atoms with van der Waals surface area (Å²) in [5.41, 5.74) is 1.55. The fourth-order valence-corrected chi connectivity index (χ4v) is 6.13.